The van der Waals surface area contributed by atoms with Gasteiger partial charge in [-0.1, -0.05) is 0 Å². The van der Waals surface area contributed by atoms with Gasteiger partial charge in [-0.2, -0.15) is 0 Å². The first-order valence-corrected chi connectivity index (χ1v) is 6.36. The molecule has 0 unspecified atom stereocenters. The molecule has 1 fully saturated rings. The number of nitrogens with zero attached hydrogens (tertiary/aromatic N) is 4. The normalized spacial score (nSPS) is 19.5. The Hall–Kier alpha value is -1.89. The van der Waals surface area contributed by atoms with Gasteiger partial charge in [-0.25, -0.2) is 4.98 Å². The predicted octanol–water partition coefficient (Wildman–Crippen LogP) is -0.559. The summed E-state index contributed by atoms with van der Waals surface area (Å²) >= 11 is 0. The fourth-order valence-electron chi connectivity index (χ4n) is 2.39. The Morgan fingerprint density at radius 3 is 2.74 bits per heavy atom. The van der Waals surface area contributed by atoms with Gasteiger partial charge in [0.1, 0.15) is 5.69 Å². The van der Waals surface area contributed by atoms with Crippen molar-refractivity contribution in [2.75, 3.05) is 39.9 Å². The molecule has 0 radical (unpaired) electrons. The lowest BCUT2D eigenvalue weighted by Crippen LogP contribution is -2.43. The quantitative estimate of drug-likeness (QED) is 0.682. The molecule has 2 aliphatic heterocycles. The van der Waals surface area contributed by atoms with Crippen LogP contribution in [0.2, 0.25) is 0 Å². The van der Waals surface area contributed by atoms with Gasteiger partial charge in [0, 0.05) is 33.2 Å². The molecule has 102 valence electrons. The summed E-state index contributed by atoms with van der Waals surface area (Å²) in [7, 11) is 1.74. The van der Waals surface area contributed by atoms with Crippen LogP contribution in [0.4, 0.5) is 0 Å². The van der Waals surface area contributed by atoms with Crippen LogP contribution in [0.1, 0.15) is 21.0 Å². The number of aromatic nitrogens is 2. The van der Waals surface area contributed by atoms with Crippen molar-refractivity contribution in [2.24, 2.45) is 0 Å². The van der Waals surface area contributed by atoms with Gasteiger partial charge < -0.3 is 19.1 Å². The molecule has 7 heteroatoms. The van der Waals surface area contributed by atoms with Crippen LogP contribution in [-0.2, 0) is 11.3 Å². The molecular weight excluding hydrogens is 248 g/mol. The second kappa shape index (κ2) is 4.65. The maximum atomic E-state index is 12.4. The zero-order valence-corrected chi connectivity index (χ0v) is 10.8. The number of imidazole rings is 1. The molecule has 7 nitrogen and oxygen atoms in total. The topological polar surface area (TPSA) is 67.7 Å². The van der Waals surface area contributed by atoms with Crippen molar-refractivity contribution in [3.63, 3.8) is 0 Å². The highest BCUT2D eigenvalue weighted by Crippen LogP contribution is 2.17. The summed E-state index contributed by atoms with van der Waals surface area (Å²) in [5.74, 6) is -0.318. The summed E-state index contributed by atoms with van der Waals surface area (Å²) in [6.45, 7) is 3.50. The van der Waals surface area contributed by atoms with Crippen LogP contribution in [0.5, 0.6) is 0 Å². The van der Waals surface area contributed by atoms with Crippen molar-refractivity contribution in [3.8, 4) is 0 Å². The van der Waals surface area contributed by atoms with Gasteiger partial charge in [0.25, 0.3) is 11.8 Å². The van der Waals surface area contributed by atoms with E-state index in [-0.39, 0.29) is 17.5 Å². The molecule has 0 bridgehead atoms. The first kappa shape index (κ1) is 12.2. The first-order chi connectivity index (χ1) is 9.18. The summed E-state index contributed by atoms with van der Waals surface area (Å²) < 4.78 is 6.98. The smallest absolute Gasteiger partial charge is 0.275 e. The van der Waals surface area contributed by atoms with E-state index in [1.807, 2.05) is 0 Å². The van der Waals surface area contributed by atoms with E-state index >= 15 is 0 Å². The third kappa shape index (κ3) is 1.99. The van der Waals surface area contributed by atoms with E-state index in [2.05, 4.69) is 4.98 Å². The molecule has 0 saturated carbocycles. The molecule has 0 aromatic carbocycles. The number of morpholine rings is 1. The highest BCUT2D eigenvalue weighted by molar-refractivity contribution is 6.05. The van der Waals surface area contributed by atoms with Gasteiger partial charge in [0.2, 0.25) is 0 Å². The predicted molar refractivity (Wildman–Crippen MR) is 65.9 cm³/mol. The van der Waals surface area contributed by atoms with Crippen LogP contribution >= 0.6 is 0 Å². The summed E-state index contributed by atoms with van der Waals surface area (Å²) in [6, 6.07) is 0. The Labute approximate surface area is 110 Å². The van der Waals surface area contributed by atoms with Gasteiger partial charge >= 0.3 is 0 Å². The molecule has 1 saturated heterocycles. The molecule has 0 N–H and O–H groups in total. The number of hydrogen-bond donors (Lipinski definition) is 0. The minimum absolute atomic E-state index is 0.139. The summed E-state index contributed by atoms with van der Waals surface area (Å²) in [4.78, 5) is 32.0. The van der Waals surface area contributed by atoms with Crippen molar-refractivity contribution in [3.05, 3.63) is 17.7 Å². The Balaban J connectivity index is 1.91. The number of hydrogen-bond acceptors (Lipinski definition) is 4. The van der Waals surface area contributed by atoms with E-state index in [1.54, 1.807) is 27.7 Å². The maximum Gasteiger partial charge on any atom is 0.275 e. The van der Waals surface area contributed by atoms with Crippen LogP contribution in [0.15, 0.2) is 6.33 Å². The average molecular weight is 264 g/mol. The lowest BCUT2D eigenvalue weighted by molar-refractivity contribution is 0.0297. The highest BCUT2D eigenvalue weighted by Gasteiger charge is 2.31. The lowest BCUT2D eigenvalue weighted by atomic mass is 10.2. The molecule has 0 atom stereocenters. The number of rotatable bonds is 1. The van der Waals surface area contributed by atoms with E-state index in [9.17, 15) is 9.59 Å². The summed E-state index contributed by atoms with van der Waals surface area (Å²) in [5, 5.41) is 0. The molecule has 1 aromatic heterocycles. The van der Waals surface area contributed by atoms with Crippen molar-refractivity contribution in [2.45, 2.75) is 6.54 Å². The van der Waals surface area contributed by atoms with E-state index in [0.29, 0.717) is 45.1 Å². The lowest BCUT2D eigenvalue weighted by Gasteiger charge is -2.28. The van der Waals surface area contributed by atoms with Gasteiger partial charge in [-0.05, 0) is 0 Å². The molecule has 3 heterocycles. The third-order valence-corrected chi connectivity index (χ3v) is 3.56. The fourth-order valence-corrected chi connectivity index (χ4v) is 2.39. The van der Waals surface area contributed by atoms with Crippen molar-refractivity contribution in [1.29, 1.82) is 0 Å². The number of fused-ring (bicyclic) bond motifs is 1. The van der Waals surface area contributed by atoms with Crippen LogP contribution in [0.25, 0.3) is 0 Å². The first-order valence-electron chi connectivity index (χ1n) is 6.36. The van der Waals surface area contributed by atoms with Crippen molar-refractivity contribution < 1.29 is 14.3 Å². The van der Waals surface area contributed by atoms with Gasteiger partial charge in [0.15, 0.2) is 5.69 Å². The van der Waals surface area contributed by atoms with Crippen molar-refractivity contribution >= 4 is 11.8 Å². The van der Waals surface area contributed by atoms with E-state index < -0.39 is 0 Å². The van der Waals surface area contributed by atoms with Gasteiger partial charge in [-0.3, -0.25) is 9.59 Å². The zero-order chi connectivity index (χ0) is 13.4. The number of carbonyl (C=O) groups excluding carboxylic acids is 2. The van der Waals surface area contributed by atoms with Gasteiger partial charge in [-0.15, -0.1) is 0 Å². The molecule has 1 aromatic rings. The van der Waals surface area contributed by atoms with E-state index in [0.717, 1.165) is 0 Å². The van der Waals surface area contributed by atoms with Crippen LogP contribution in [-0.4, -0.2) is 71.1 Å². The third-order valence-electron chi connectivity index (χ3n) is 3.56. The second-order valence-corrected chi connectivity index (χ2v) is 4.77. The standard InChI is InChI=1S/C12H16N4O3/c1-14-2-3-16-8-13-9(10(16)12(14)18)11(17)15-4-6-19-7-5-15/h8H,2-7H2,1H3. The Bertz CT molecular complexity index is 519. The van der Waals surface area contributed by atoms with Crippen LogP contribution in [0.3, 0.4) is 0 Å². The Morgan fingerprint density at radius 1 is 1.26 bits per heavy atom. The molecule has 2 aliphatic rings. The molecule has 19 heavy (non-hydrogen) atoms. The number of carbonyl (C=O) groups is 2. The van der Waals surface area contributed by atoms with Gasteiger partial charge in [0.05, 0.1) is 19.5 Å². The minimum Gasteiger partial charge on any atom is -0.378 e. The average Bonchev–Trinajstić information content (AvgIpc) is 2.88. The molecule has 0 spiro atoms. The molecule has 3 rings (SSSR count). The number of amides is 2. The monoisotopic (exact) mass is 264 g/mol. The van der Waals surface area contributed by atoms with Crippen LogP contribution in [0, 0.1) is 0 Å². The largest absolute Gasteiger partial charge is 0.378 e. The van der Waals surface area contributed by atoms with E-state index in [1.165, 1.54) is 0 Å². The SMILES string of the molecule is CN1CCn2cnc(C(=O)N3CCOCC3)c2C1=O. The summed E-state index contributed by atoms with van der Waals surface area (Å²) in [5.41, 5.74) is 0.670. The van der Waals surface area contributed by atoms with Crippen molar-refractivity contribution in [1.82, 2.24) is 19.4 Å². The Kier molecular flexibility index (Phi) is 2.98. The molecular formula is C12H16N4O3. The molecule has 2 amide bonds. The fraction of sp³-hybridized carbons (Fsp3) is 0.583. The Morgan fingerprint density at radius 2 is 2.00 bits per heavy atom. The minimum atomic E-state index is -0.180. The number of ether oxygens (including phenoxy) is 1. The second-order valence-electron chi connectivity index (χ2n) is 4.77. The zero-order valence-electron chi connectivity index (χ0n) is 10.8. The highest BCUT2D eigenvalue weighted by atomic mass is 16.5. The molecule has 0 aliphatic carbocycles. The van der Waals surface area contributed by atoms with Crippen LogP contribution < -0.4 is 0 Å². The number of likely N-dealkylation sites (N-methyl/N-ethyl adjacent to an activating group) is 1. The maximum absolute atomic E-state index is 12.4. The summed E-state index contributed by atoms with van der Waals surface area (Å²) in [6.07, 6.45) is 1.58. The van der Waals surface area contributed by atoms with E-state index in [4.69, 9.17) is 4.74 Å².